The molecule has 0 spiro atoms. The van der Waals surface area contributed by atoms with Crippen LogP contribution in [0.4, 0.5) is 0 Å². The molecule has 0 aromatic heterocycles. The third kappa shape index (κ3) is 6.51. The Morgan fingerprint density at radius 3 is 2.14 bits per heavy atom. The van der Waals surface area contributed by atoms with E-state index < -0.39 is 11.1 Å². The molecular formula is C10H22NO2S-. The van der Waals surface area contributed by atoms with Crippen molar-refractivity contribution >= 4 is 11.1 Å². The van der Waals surface area contributed by atoms with Crippen LogP contribution in [0.2, 0.25) is 0 Å². The Morgan fingerprint density at radius 2 is 1.93 bits per heavy atom. The first-order valence-electron chi connectivity index (χ1n) is 5.23. The fourth-order valence-electron chi connectivity index (χ4n) is 1.24. The zero-order chi connectivity index (χ0) is 11.1. The van der Waals surface area contributed by atoms with E-state index in [2.05, 4.69) is 18.9 Å². The lowest BCUT2D eigenvalue weighted by molar-refractivity contribution is 0.200. The smallest absolute Gasteiger partial charge is 0.0159 e. The molecule has 1 rings (SSSR count). The van der Waals surface area contributed by atoms with Crippen molar-refractivity contribution < 1.29 is 8.76 Å². The van der Waals surface area contributed by atoms with Gasteiger partial charge in [0, 0.05) is 11.3 Å². The lowest BCUT2D eigenvalue weighted by atomic mass is 10.1. The van der Waals surface area contributed by atoms with Crippen molar-refractivity contribution in [1.29, 1.82) is 0 Å². The van der Waals surface area contributed by atoms with Crippen LogP contribution >= 0.6 is 0 Å². The van der Waals surface area contributed by atoms with Crippen LogP contribution in [0.25, 0.3) is 0 Å². The number of piperidine rings is 1. The van der Waals surface area contributed by atoms with Crippen molar-refractivity contribution in [2.45, 2.75) is 51.3 Å². The van der Waals surface area contributed by atoms with Gasteiger partial charge in [0.25, 0.3) is 0 Å². The van der Waals surface area contributed by atoms with Gasteiger partial charge >= 0.3 is 0 Å². The first-order chi connectivity index (χ1) is 6.45. The van der Waals surface area contributed by atoms with Crippen molar-refractivity contribution in [3.8, 4) is 0 Å². The average Bonchev–Trinajstić information content (AvgIpc) is 2.11. The fraction of sp³-hybridized carbons (Fsp3) is 1.00. The van der Waals surface area contributed by atoms with Gasteiger partial charge in [-0.3, -0.25) is 4.21 Å². The molecule has 1 unspecified atom stereocenters. The van der Waals surface area contributed by atoms with E-state index >= 15 is 0 Å². The summed E-state index contributed by atoms with van der Waals surface area (Å²) in [5.41, 5.74) is 0. The second-order valence-corrected chi connectivity index (χ2v) is 5.60. The van der Waals surface area contributed by atoms with Crippen LogP contribution in [0.5, 0.6) is 0 Å². The van der Waals surface area contributed by atoms with Crippen molar-refractivity contribution in [2.75, 3.05) is 13.6 Å². The van der Waals surface area contributed by atoms with Gasteiger partial charge < -0.3 is 9.45 Å². The largest absolute Gasteiger partial charge is 0.772 e. The number of hydrogen-bond acceptors (Lipinski definition) is 3. The maximum atomic E-state index is 9.70. The van der Waals surface area contributed by atoms with E-state index in [0.29, 0.717) is 0 Å². The number of likely N-dealkylation sites (tertiary alicyclic amines) is 1. The molecule has 0 bridgehead atoms. The van der Waals surface area contributed by atoms with Crippen LogP contribution in [0, 0.1) is 0 Å². The highest BCUT2D eigenvalue weighted by Crippen LogP contribution is 2.13. The average molecular weight is 220 g/mol. The molecule has 3 nitrogen and oxygen atoms in total. The Labute approximate surface area is 90.2 Å². The van der Waals surface area contributed by atoms with Crippen LogP contribution in [0.15, 0.2) is 0 Å². The van der Waals surface area contributed by atoms with Gasteiger partial charge in [-0.2, -0.15) is 0 Å². The molecule has 1 saturated heterocycles. The molecule has 0 aromatic carbocycles. The Hall–Kier alpha value is 0.0700. The molecule has 0 aromatic rings. The molecule has 1 fully saturated rings. The summed E-state index contributed by atoms with van der Waals surface area (Å²) in [6.07, 6.45) is 4.24. The van der Waals surface area contributed by atoms with E-state index in [1.807, 2.05) is 0 Å². The van der Waals surface area contributed by atoms with E-state index in [1.165, 1.54) is 25.8 Å². The molecule has 0 N–H and O–H groups in total. The second kappa shape index (κ2) is 7.37. The minimum atomic E-state index is -1.87. The zero-order valence-corrected chi connectivity index (χ0v) is 10.5. The van der Waals surface area contributed by atoms with Crippen molar-refractivity contribution in [2.24, 2.45) is 0 Å². The van der Waals surface area contributed by atoms with Crippen LogP contribution in [-0.4, -0.2) is 38.5 Å². The summed E-state index contributed by atoms with van der Waals surface area (Å²) in [6.45, 7) is 6.87. The van der Waals surface area contributed by atoms with Crippen molar-refractivity contribution in [1.82, 2.24) is 4.90 Å². The van der Waals surface area contributed by atoms with Gasteiger partial charge in [0.15, 0.2) is 0 Å². The lowest BCUT2D eigenvalue weighted by Crippen LogP contribution is -2.33. The van der Waals surface area contributed by atoms with Crippen molar-refractivity contribution in [3.05, 3.63) is 0 Å². The van der Waals surface area contributed by atoms with Gasteiger partial charge in [0.1, 0.15) is 0 Å². The van der Waals surface area contributed by atoms with E-state index in [1.54, 1.807) is 13.8 Å². The van der Waals surface area contributed by atoms with E-state index in [0.717, 1.165) is 6.04 Å². The Morgan fingerprint density at radius 1 is 1.43 bits per heavy atom. The van der Waals surface area contributed by atoms with Gasteiger partial charge in [-0.05, 0) is 33.4 Å². The summed E-state index contributed by atoms with van der Waals surface area (Å²) in [4.78, 5) is 2.43. The fourth-order valence-corrected chi connectivity index (χ4v) is 1.24. The standard InChI is InChI=1S/C7H15N.C3H8O2S/c1-7-5-3-4-6-8(7)2;1-3(2)6(4)5/h7H,3-6H2,1-2H3;3H,1-2H3,(H,4,5)/p-1/t7-;/m0./s1. The molecule has 14 heavy (non-hydrogen) atoms. The molecule has 0 aliphatic carbocycles. The minimum Gasteiger partial charge on any atom is -0.772 e. The molecular weight excluding hydrogens is 198 g/mol. The Kier molecular flexibility index (Phi) is 7.41. The molecule has 1 heterocycles. The third-order valence-electron chi connectivity index (χ3n) is 2.52. The highest BCUT2D eigenvalue weighted by atomic mass is 32.2. The van der Waals surface area contributed by atoms with E-state index in [9.17, 15) is 8.76 Å². The van der Waals surface area contributed by atoms with E-state index in [4.69, 9.17) is 0 Å². The molecule has 4 heteroatoms. The molecule has 1 aliphatic heterocycles. The predicted molar refractivity (Wildman–Crippen MR) is 60.0 cm³/mol. The van der Waals surface area contributed by atoms with Crippen LogP contribution in [0.3, 0.4) is 0 Å². The summed E-state index contributed by atoms with van der Waals surface area (Å²) in [6, 6.07) is 0.837. The Balaban J connectivity index is 0.000000255. The molecule has 0 saturated carbocycles. The normalized spacial score (nSPS) is 25.4. The van der Waals surface area contributed by atoms with Gasteiger partial charge in [-0.1, -0.05) is 31.3 Å². The van der Waals surface area contributed by atoms with Crippen LogP contribution < -0.4 is 0 Å². The van der Waals surface area contributed by atoms with E-state index in [-0.39, 0.29) is 5.25 Å². The molecule has 86 valence electrons. The summed E-state index contributed by atoms with van der Waals surface area (Å²) >= 11 is -1.87. The van der Waals surface area contributed by atoms with Gasteiger partial charge in [0.2, 0.25) is 0 Å². The maximum Gasteiger partial charge on any atom is 0.0159 e. The zero-order valence-electron chi connectivity index (χ0n) is 9.66. The summed E-state index contributed by atoms with van der Waals surface area (Å²) < 4.78 is 19.4. The number of rotatable bonds is 1. The molecule has 0 radical (unpaired) electrons. The Bertz CT molecular complexity index is 164. The molecule has 2 atom stereocenters. The second-order valence-electron chi connectivity index (χ2n) is 4.13. The number of nitrogens with zero attached hydrogens (tertiary/aromatic N) is 1. The monoisotopic (exact) mass is 220 g/mol. The highest BCUT2D eigenvalue weighted by Gasteiger charge is 2.12. The summed E-state index contributed by atoms with van der Waals surface area (Å²) in [5.74, 6) is 0. The predicted octanol–water partition coefficient (Wildman–Crippen LogP) is 1.76. The number of hydrogen-bond donors (Lipinski definition) is 0. The highest BCUT2D eigenvalue weighted by molar-refractivity contribution is 7.79. The van der Waals surface area contributed by atoms with Gasteiger partial charge in [-0.25, -0.2) is 0 Å². The van der Waals surface area contributed by atoms with Gasteiger partial charge in [0.05, 0.1) is 0 Å². The SMILES string of the molecule is CC(C)S(=O)[O-].C[C@H]1CCCCN1C. The van der Waals surface area contributed by atoms with Gasteiger partial charge in [-0.15, -0.1) is 0 Å². The lowest BCUT2D eigenvalue weighted by Gasteiger charge is -2.29. The van der Waals surface area contributed by atoms with Crippen molar-refractivity contribution in [3.63, 3.8) is 0 Å². The maximum absolute atomic E-state index is 9.70. The minimum absolute atomic E-state index is 0.231. The van der Waals surface area contributed by atoms with Crippen LogP contribution in [-0.2, 0) is 11.1 Å². The molecule has 1 aliphatic rings. The quantitative estimate of drug-likeness (QED) is 0.632. The van der Waals surface area contributed by atoms with Crippen LogP contribution in [0.1, 0.15) is 40.0 Å². The summed E-state index contributed by atoms with van der Waals surface area (Å²) in [7, 11) is 2.21. The first-order valence-corrected chi connectivity index (χ1v) is 6.37. The third-order valence-corrected chi connectivity index (χ3v) is 3.29. The topological polar surface area (TPSA) is 43.4 Å². The first kappa shape index (κ1) is 14.1. The molecule has 0 amide bonds. The summed E-state index contributed by atoms with van der Waals surface area (Å²) in [5, 5.41) is -0.231.